The van der Waals surface area contributed by atoms with Crippen LogP contribution in [0, 0.1) is 5.92 Å². The molecule has 1 atom stereocenters. The second kappa shape index (κ2) is 4.48. The number of methoxy groups -OCH3 is 1. The van der Waals surface area contributed by atoms with Crippen LogP contribution in [0.2, 0.25) is 0 Å². The second-order valence-electron chi connectivity index (χ2n) is 3.92. The van der Waals surface area contributed by atoms with Crippen molar-refractivity contribution < 1.29 is 24.2 Å². The molecule has 1 heterocycles. The predicted molar refractivity (Wildman–Crippen MR) is 61.7 cm³/mol. The van der Waals surface area contributed by atoms with E-state index in [1.54, 1.807) is 6.07 Å². The smallest absolute Gasteiger partial charge is 0.314 e. The van der Waals surface area contributed by atoms with E-state index in [0.717, 1.165) is 0 Å². The molecule has 1 amide bonds. The zero-order chi connectivity index (χ0) is 13.3. The predicted octanol–water partition coefficient (Wildman–Crippen LogP) is 0.921. The number of carboxylic acids is 1. The van der Waals surface area contributed by atoms with Gasteiger partial charge in [0.1, 0.15) is 11.7 Å². The topological polar surface area (TPSA) is 92.7 Å². The lowest BCUT2D eigenvalue weighted by Gasteiger charge is -2.08. The number of hydrogen-bond donors (Lipinski definition) is 2. The maximum absolute atomic E-state index is 12.1. The molecule has 18 heavy (non-hydrogen) atoms. The fourth-order valence-corrected chi connectivity index (χ4v) is 1.83. The lowest BCUT2D eigenvalue weighted by atomic mass is 9.95. The van der Waals surface area contributed by atoms with Crippen LogP contribution in [-0.2, 0) is 9.59 Å². The van der Waals surface area contributed by atoms with Gasteiger partial charge in [-0.25, -0.2) is 0 Å². The summed E-state index contributed by atoms with van der Waals surface area (Å²) in [4.78, 5) is 34.6. The number of amides is 1. The Morgan fingerprint density at radius 1 is 1.44 bits per heavy atom. The number of nitrogens with one attached hydrogen (secondary N) is 1. The van der Waals surface area contributed by atoms with Crippen LogP contribution >= 0.6 is 0 Å². The Morgan fingerprint density at radius 3 is 2.78 bits per heavy atom. The number of hydrogen-bond acceptors (Lipinski definition) is 4. The van der Waals surface area contributed by atoms with Crippen molar-refractivity contribution in [1.82, 2.24) is 0 Å². The summed E-state index contributed by atoms with van der Waals surface area (Å²) < 4.78 is 4.98. The molecule has 1 aromatic carbocycles. The molecule has 0 radical (unpaired) electrons. The molecule has 2 rings (SSSR count). The Kier molecular flexibility index (Phi) is 3.01. The number of aliphatic carboxylic acids is 1. The van der Waals surface area contributed by atoms with Gasteiger partial charge < -0.3 is 15.2 Å². The lowest BCUT2D eigenvalue weighted by Crippen LogP contribution is -2.25. The molecular formula is C12H11NO5. The number of carboxylic acid groups (broad SMARTS) is 1. The molecule has 1 aliphatic rings. The second-order valence-corrected chi connectivity index (χ2v) is 3.92. The van der Waals surface area contributed by atoms with Crippen molar-refractivity contribution in [2.75, 3.05) is 12.4 Å². The van der Waals surface area contributed by atoms with Crippen molar-refractivity contribution in [1.29, 1.82) is 0 Å². The molecule has 1 aromatic rings. The molecule has 0 aliphatic carbocycles. The average Bonchev–Trinajstić information content (AvgIpc) is 2.46. The maximum Gasteiger partial charge on any atom is 0.314 e. The van der Waals surface area contributed by atoms with Gasteiger partial charge in [0.05, 0.1) is 12.8 Å². The minimum absolute atomic E-state index is 0.160. The number of anilines is 1. The quantitative estimate of drug-likeness (QED) is 0.760. The van der Waals surface area contributed by atoms with Crippen molar-refractivity contribution >= 4 is 23.3 Å². The van der Waals surface area contributed by atoms with Gasteiger partial charge in [-0.3, -0.25) is 14.4 Å². The number of carbonyl (C=O) groups is 3. The van der Waals surface area contributed by atoms with E-state index >= 15 is 0 Å². The largest absolute Gasteiger partial charge is 0.497 e. The monoisotopic (exact) mass is 249 g/mol. The molecule has 1 aliphatic heterocycles. The zero-order valence-electron chi connectivity index (χ0n) is 9.60. The number of ketones is 1. The summed E-state index contributed by atoms with van der Waals surface area (Å²) in [7, 11) is 1.44. The van der Waals surface area contributed by atoms with Gasteiger partial charge in [-0.15, -0.1) is 0 Å². The normalized spacial score (nSPS) is 18.6. The number of ether oxygens (including phenoxy) is 1. The molecule has 0 spiro atoms. The Morgan fingerprint density at radius 2 is 2.17 bits per heavy atom. The van der Waals surface area contributed by atoms with Crippen molar-refractivity contribution in [3.8, 4) is 5.75 Å². The molecule has 0 saturated heterocycles. The Bertz CT molecular complexity index is 537. The highest BCUT2D eigenvalue weighted by atomic mass is 16.5. The molecule has 0 saturated carbocycles. The molecule has 1 unspecified atom stereocenters. The van der Waals surface area contributed by atoms with Gasteiger partial charge in [-0.2, -0.15) is 0 Å². The summed E-state index contributed by atoms with van der Waals surface area (Å²) in [5.74, 6) is -3.29. The van der Waals surface area contributed by atoms with Crippen LogP contribution in [0.5, 0.6) is 5.75 Å². The fourth-order valence-electron chi connectivity index (χ4n) is 1.83. The van der Waals surface area contributed by atoms with Gasteiger partial charge in [0, 0.05) is 12.0 Å². The fraction of sp³-hybridized carbons (Fsp3) is 0.250. The van der Waals surface area contributed by atoms with Crippen molar-refractivity contribution in [3.05, 3.63) is 23.8 Å². The van der Waals surface area contributed by atoms with E-state index < -0.39 is 23.6 Å². The van der Waals surface area contributed by atoms with Crippen molar-refractivity contribution in [2.24, 2.45) is 5.92 Å². The average molecular weight is 249 g/mol. The Labute approximate surface area is 103 Å². The first-order chi connectivity index (χ1) is 8.52. The highest BCUT2D eigenvalue weighted by Crippen LogP contribution is 2.28. The van der Waals surface area contributed by atoms with E-state index in [1.165, 1.54) is 19.2 Å². The third kappa shape index (κ3) is 2.04. The summed E-state index contributed by atoms with van der Waals surface area (Å²) in [6, 6.07) is 4.54. The number of benzene rings is 1. The van der Waals surface area contributed by atoms with Gasteiger partial charge in [0.25, 0.3) is 0 Å². The van der Waals surface area contributed by atoms with Crippen LogP contribution in [0.3, 0.4) is 0 Å². The first-order valence-electron chi connectivity index (χ1n) is 5.28. The lowest BCUT2D eigenvalue weighted by molar-refractivity contribution is -0.141. The molecule has 0 aromatic heterocycles. The molecule has 6 nitrogen and oxygen atoms in total. The third-order valence-electron chi connectivity index (χ3n) is 2.77. The van der Waals surface area contributed by atoms with Gasteiger partial charge in [-0.05, 0) is 18.2 Å². The SMILES string of the molecule is COc1ccc2c(c1)C(=O)C(C(=O)O)CC(=O)N2. The van der Waals surface area contributed by atoms with E-state index in [4.69, 9.17) is 9.84 Å². The van der Waals surface area contributed by atoms with Crippen LogP contribution in [0.25, 0.3) is 0 Å². The molecule has 94 valence electrons. The third-order valence-corrected chi connectivity index (χ3v) is 2.77. The van der Waals surface area contributed by atoms with Crippen molar-refractivity contribution in [3.63, 3.8) is 0 Å². The van der Waals surface area contributed by atoms with E-state index in [1.807, 2.05) is 0 Å². The highest BCUT2D eigenvalue weighted by molar-refractivity contribution is 6.17. The summed E-state index contributed by atoms with van der Waals surface area (Å²) in [5, 5.41) is 11.5. The first-order valence-corrected chi connectivity index (χ1v) is 5.28. The summed E-state index contributed by atoms with van der Waals surface area (Å²) in [5.41, 5.74) is 0.474. The minimum Gasteiger partial charge on any atom is -0.497 e. The Hall–Kier alpha value is -2.37. The first kappa shape index (κ1) is 12.1. The standard InChI is InChI=1S/C12H11NO5/c1-18-6-2-3-9-7(4-6)11(15)8(12(16)17)5-10(14)13-9/h2-4,8H,5H2,1H3,(H,13,14)(H,16,17). The van der Waals surface area contributed by atoms with Crippen LogP contribution in [0.1, 0.15) is 16.8 Å². The number of fused-ring (bicyclic) bond motifs is 1. The van der Waals surface area contributed by atoms with Gasteiger partial charge in [-0.1, -0.05) is 0 Å². The number of carbonyl (C=O) groups excluding carboxylic acids is 2. The molecule has 0 fully saturated rings. The number of Topliss-reactive ketones (excluding diaryl/α,β-unsaturated/α-hetero) is 1. The Balaban J connectivity index is 2.53. The zero-order valence-corrected chi connectivity index (χ0v) is 9.60. The van der Waals surface area contributed by atoms with Gasteiger partial charge >= 0.3 is 5.97 Å². The summed E-state index contributed by atoms with van der Waals surface area (Å²) in [6.45, 7) is 0. The molecule has 2 N–H and O–H groups in total. The molecule has 0 bridgehead atoms. The molecule has 6 heteroatoms. The van der Waals surface area contributed by atoms with Crippen molar-refractivity contribution in [2.45, 2.75) is 6.42 Å². The van der Waals surface area contributed by atoms with Crippen LogP contribution in [-0.4, -0.2) is 29.9 Å². The van der Waals surface area contributed by atoms with Crippen LogP contribution in [0.15, 0.2) is 18.2 Å². The highest BCUT2D eigenvalue weighted by Gasteiger charge is 2.34. The van der Waals surface area contributed by atoms with Gasteiger partial charge in [0.2, 0.25) is 5.91 Å². The van der Waals surface area contributed by atoms with E-state index in [9.17, 15) is 14.4 Å². The number of rotatable bonds is 2. The summed E-state index contributed by atoms with van der Waals surface area (Å²) in [6.07, 6.45) is -0.356. The van der Waals surface area contributed by atoms with Crippen LogP contribution < -0.4 is 10.1 Å². The maximum atomic E-state index is 12.1. The van der Waals surface area contributed by atoms with E-state index in [2.05, 4.69) is 5.32 Å². The van der Waals surface area contributed by atoms with E-state index in [-0.39, 0.29) is 12.0 Å². The van der Waals surface area contributed by atoms with Gasteiger partial charge in [0.15, 0.2) is 5.78 Å². The van der Waals surface area contributed by atoms with E-state index in [0.29, 0.717) is 11.4 Å². The molecular weight excluding hydrogens is 238 g/mol. The summed E-state index contributed by atoms with van der Waals surface area (Å²) >= 11 is 0. The minimum atomic E-state index is -1.35. The van der Waals surface area contributed by atoms with Crippen LogP contribution in [0.4, 0.5) is 5.69 Å².